The number of carbonyl (C=O) groups is 1. The van der Waals surface area contributed by atoms with E-state index in [1.54, 1.807) is 13.3 Å². The third kappa shape index (κ3) is 7.78. The zero-order valence-electron chi connectivity index (χ0n) is 18.4. The van der Waals surface area contributed by atoms with Crippen LogP contribution >= 0.6 is 0 Å². The fourth-order valence-electron chi connectivity index (χ4n) is 2.91. The quantitative estimate of drug-likeness (QED) is 0.309. The van der Waals surface area contributed by atoms with Gasteiger partial charge in [-0.15, -0.1) is 0 Å². The van der Waals surface area contributed by atoms with Gasteiger partial charge in [-0.3, -0.25) is 4.79 Å². The number of hydrogen-bond donors (Lipinski definition) is 1. The maximum atomic E-state index is 12.0. The second-order valence-electron chi connectivity index (χ2n) is 7.17. The lowest BCUT2D eigenvalue weighted by Crippen LogP contribution is -2.24. The van der Waals surface area contributed by atoms with E-state index in [2.05, 4.69) is 17.5 Å². The van der Waals surface area contributed by atoms with Gasteiger partial charge >= 0.3 is 0 Å². The maximum absolute atomic E-state index is 12.0. The fourth-order valence-corrected chi connectivity index (χ4v) is 2.91. The number of aryl methyl sites for hydroxylation is 2. The Labute approximate surface area is 179 Å². The number of ether oxygens (including phenoxy) is 3. The molecule has 0 unspecified atom stereocenters. The normalized spacial score (nSPS) is 10.8. The molecule has 0 aromatic heterocycles. The van der Waals surface area contributed by atoms with E-state index in [1.807, 2.05) is 50.2 Å². The molecule has 0 atom stereocenters. The van der Waals surface area contributed by atoms with E-state index in [0.717, 1.165) is 29.5 Å². The van der Waals surface area contributed by atoms with Crippen LogP contribution in [0.4, 0.5) is 0 Å². The number of rotatable bonds is 12. The monoisotopic (exact) mass is 412 g/mol. The second-order valence-corrected chi connectivity index (χ2v) is 7.17. The van der Waals surface area contributed by atoms with Gasteiger partial charge in [0, 0.05) is 0 Å². The molecule has 2 rings (SSSR count). The first-order valence-corrected chi connectivity index (χ1v) is 10.4. The van der Waals surface area contributed by atoms with Crippen LogP contribution in [0.5, 0.6) is 17.2 Å². The zero-order valence-corrected chi connectivity index (χ0v) is 18.4. The van der Waals surface area contributed by atoms with Crippen LogP contribution in [0.3, 0.4) is 0 Å². The molecule has 0 aliphatic carbocycles. The minimum absolute atomic E-state index is 0.102. The summed E-state index contributed by atoms with van der Waals surface area (Å²) in [5, 5.41) is 3.99. The number of methoxy groups -OCH3 is 1. The lowest BCUT2D eigenvalue weighted by atomic mass is 10.1. The lowest BCUT2D eigenvalue weighted by molar-refractivity contribution is -0.123. The Bertz CT molecular complexity index is 849. The smallest absolute Gasteiger partial charge is 0.277 e. The number of benzene rings is 2. The fraction of sp³-hybridized carbons (Fsp3) is 0.417. The molecule has 1 N–H and O–H groups in total. The number of nitrogens with one attached hydrogen (secondary N) is 1. The Kier molecular flexibility index (Phi) is 9.71. The topological polar surface area (TPSA) is 69.2 Å². The van der Waals surface area contributed by atoms with Crippen molar-refractivity contribution in [2.45, 2.75) is 46.5 Å². The van der Waals surface area contributed by atoms with Crippen molar-refractivity contribution in [3.63, 3.8) is 0 Å². The van der Waals surface area contributed by atoms with Gasteiger partial charge in [-0.05, 0) is 55.7 Å². The van der Waals surface area contributed by atoms with Gasteiger partial charge in [-0.1, -0.05) is 43.9 Å². The molecule has 0 bridgehead atoms. The predicted molar refractivity (Wildman–Crippen MR) is 120 cm³/mol. The van der Waals surface area contributed by atoms with E-state index >= 15 is 0 Å². The van der Waals surface area contributed by atoms with Crippen LogP contribution < -0.4 is 19.6 Å². The lowest BCUT2D eigenvalue weighted by Gasteiger charge is -2.11. The number of hydrazone groups is 1. The Balaban J connectivity index is 1.82. The number of nitrogens with zero attached hydrogens (tertiary/aromatic N) is 1. The molecule has 2 aromatic rings. The highest BCUT2D eigenvalue weighted by Gasteiger charge is 2.06. The molecule has 0 radical (unpaired) electrons. The summed E-state index contributed by atoms with van der Waals surface area (Å²) >= 11 is 0. The molecule has 0 aliphatic heterocycles. The van der Waals surface area contributed by atoms with Gasteiger partial charge in [0.05, 0.1) is 19.9 Å². The second kappa shape index (κ2) is 12.5. The zero-order chi connectivity index (χ0) is 21.8. The summed E-state index contributed by atoms with van der Waals surface area (Å²) in [6.07, 6.45) is 6.17. The van der Waals surface area contributed by atoms with Crippen molar-refractivity contribution in [2.75, 3.05) is 20.3 Å². The summed E-state index contributed by atoms with van der Waals surface area (Å²) < 4.78 is 16.8. The number of amides is 1. The number of unbranched alkanes of at least 4 members (excludes halogenated alkanes) is 3. The number of hydrogen-bond acceptors (Lipinski definition) is 5. The summed E-state index contributed by atoms with van der Waals surface area (Å²) in [5.74, 6) is 1.70. The highest BCUT2D eigenvalue weighted by atomic mass is 16.5. The Morgan fingerprint density at radius 2 is 1.80 bits per heavy atom. The highest BCUT2D eigenvalue weighted by molar-refractivity contribution is 5.83. The van der Waals surface area contributed by atoms with Gasteiger partial charge in [0.2, 0.25) is 0 Å². The minimum Gasteiger partial charge on any atom is -0.493 e. The largest absolute Gasteiger partial charge is 0.493 e. The maximum Gasteiger partial charge on any atom is 0.277 e. The molecule has 0 saturated heterocycles. The van der Waals surface area contributed by atoms with E-state index in [1.165, 1.54) is 12.8 Å². The van der Waals surface area contributed by atoms with Crippen LogP contribution in [0.1, 0.15) is 49.3 Å². The van der Waals surface area contributed by atoms with E-state index in [0.29, 0.717) is 23.9 Å². The van der Waals surface area contributed by atoms with Crippen molar-refractivity contribution in [3.8, 4) is 17.2 Å². The first-order valence-electron chi connectivity index (χ1n) is 10.4. The molecular weight excluding hydrogens is 380 g/mol. The molecule has 0 heterocycles. The van der Waals surface area contributed by atoms with E-state index < -0.39 is 0 Å². The van der Waals surface area contributed by atoms with Gasteiger partial charge in [0.25, 0.3) is 5.91 Å². The van der Waals surface area contributed by atoms with Gasteiger partial charge in [-0.25, -0.2) is 5.43 Å². The predicted octanol–water partition coefficient (Wildman–Crippen LogP) is 4.80. The standard InChI is InChI=1S/C24H32N2O4/c1-5-6-7-8-13-29-22-12-10-20(15-23(22)28-4)16-25-26-24(27)17-30-21-11-9-18(2)14-19(21)3/h9-12,14-16H,5-8,13,17H2,1-4H3,(H,26,27). The van der Waals surface area contributed by atoms with Crippen molar-refractivity contribution < 1.29 is 19.0 Å². The Morgan fingerprint density at radius 3 is 2.53 bits per heavy atom. The summed E-state index contributed by atoms with van der Waals surface area (Å²) in [6.45, 7) is 6.71. The van der Waals surface area contributed by atoms with Crippen LogP contribution in [0.2, 0.25) is 0 Å². The highest BCUT2D eigenvalue weighted by Crippen LogP contribution is 2.27. The van der Waals surface area contributed by atoms with Crippen LogP contribution in [0.25, 0.3) is 0 Å². The van der Waals surface area contributed by atoms with Crippen molar-refractivity contribution >= 4 is 12.1 Å². The van der Waals surface area contributed by atoms with E-state index in [9.17, 15) is 4.79 Å². The van der Waals surface area contributed by atoms with Crippen molar-refractivity contribution in [1.29, 1.82) is 0 Å². The molecule has 6 heteroatoms. The summed E-state index contributed by atoms with van der Waals surface area (Å²) in [4.78, 5) is 12.0. The molecule has 162 valence electrons. The van der Waals surface area contributed by atoms with Gasteiger partial charge < -0.3 is 14.2 Å². The van der Waals surface area contributed by atoms with Crippen molar-refractivity contribution in [2.24, 2.45) is 5.10 Å². The molecule has 0 spiro atoms. The first-order chi connectivity index (χ1) is 14.5. The first kappa shape index (κ1) is 23.3. The van der Waals surface area contributed by atoms with E-state index in [-0.39, 0.29) is 12.5 Å². The van der Waals surface area contributed by atoms with Crippen LogP contribution in [0.15, 0.2) is 41.5 Å². The molecular formula is C24H32N2O4. The van der Waals surface area contributed by atoms with Gasteiger partial charge in [0.1, 0.15) is 5.75 Å². The molecule has 6 nitrogen and oxygen atoms in total. The third-order valence-electron chi connectivity index (χ3n) is 4.54. The summed E-state index contributed by atoms with van der Waals surface area (Å²) in [6, 6.07) is 11.4. The molecule has 30 heavy (non-hydrogen) atoms. The Hall–Kier alpha value is -3.02. The van der Waals surface area contributed by atoms with Crippen molar-refractivity contribution in [1.82, 2.24) is 5.43 Å². The molecule has 0 aliphatic rings. The average Bonchev–Trinajstić information content (AvgIpc) is 2.73. The summed E-state index contributed by atoms with van der Waals surface area (Å²) in [5.41, 5.74) is 5.41. The minimum atomic E-state index is -0.328. The van der Waals surface area contributed by atoms with Gasteiger partial charge in [-0.2, -0.15) is 5.10 Å². The Morgan fingerprint density at radius 1 is 1.00 bits per heavy atom. The molecule has 1 amide bonds. The molecule has 0 saturated carbocycles. The van der Waals surface area contributed by atoms with Crippen LogP contribution in [-0.4, -0.2) is 32.4 Å². The molecule has 0 fully saturated rings. The summed E-state index contributed by atoms with van der Waals surface area (Å²) in [7, 11) is 1.60. The SMILES string of the molecule is CCCCCCOc1ccc(C=NNC(=O)COc2ccc(C)cc2C)cc1OC. The van der Waals surface area contributed by atoms with Gasteiger partial charge in [0.15, 0.2) is 18.1 Å². The third-order valence-corrected chi connectivity index (χ3v) is 4.54. The average molecular weight is 413 g/mol. The molecule has 2 aromatic carbocycles. The van der Waals surface area contributed by atoms with Crippen LogP contribution in [-0.2, 0) is 4.79 Å². The van der Waals surface area contributed by atoms with E-state index in [4.69, 9.17) is 14.2 Å². The van der Waals surface area contributed by atoms with Crippen LogP contribution in [0, 0.1) is 13.8 Å². The van der Waals surface area contributed by atoms with Crippen molar-refractivity contribution in [3.05, 3.63) is 53.1 Å². The number of carbonyl (C=O) groups excluding carboxylic acids is 1.